The molecule has 0 radical (unpaired) electrons. The van der Waals surface area contributed by atoms with Gasteiger partial charge in [0.25, 0.3) is 17.4 Å². The van der Waals surface area contributed by atoms with E-state index in [1.165, 1.54) is 60.7 Å². The zero-order valence-electron chi connectivity index (χ0n) is 16.2. The molecule has 1 aliphatic rings. The molecule has 7 nitrogen and oxygen atoms in total. The molecule has 1 fully saturated rings. The molecule has 1 heterocycles. The molecule has 1 amide bonds. The lowest BCUT2D eigenvalue weighted by Crippen LogP contribution is -2.29. The van der Waals surface area contributed by atoms with Crippen molar-refractivity contribution in [2.75, 3.05) is 4.90 Å². The predicted octanol–water partition coefficient (Wildman–Crippen LogP) is 5.01. The first-order valence-electron chi connectivity index (χ1n) is 9.35. The van der Waals surface area contributed by atoms with Gasteiger partial charge in [0.2, 0.25) is 0 Å². The second kappa shape index (κ2) is 8.24. The summed E-state index contributed by atoms with van der Waals surface area (Å²) in [5, 5.41) is 22.4. The zero-order chi connectivity index (χ0) is 23.0. The molecule has 3 aromatic rings. The zero-order valence-corrected chi connectivity index (χ0v) is 17.0. The van der Waals surface area contributed by atoms with Gasteiger partial charge >= 0.3 is 0 Å². The van der Waals surface area contributed by atoms with Gasteiger partial charge in [-0.1, -0.05) is 11.6 Å². The topological polar surface area (TPSA) is 101 Å². The maximum Gasteiger partial charge on any atom is 0.300 e. The molecule has 3 aromatic carbocycles. The van der Waals surface area contributed by atoms with Gasteiger partial charge in [-0.25, -0.2) is 4.39 Å². The van der Waals surface area contributed by atoms with E-state index in [9.17, 15) is 29.2 Å². The molecular weight excluding hydrogens is 439 g/mol. The lowest BCUT2D eigenvalue weighted by Gasteiger charge is -2.25. The molecule has 0 spiro atoms. The number of halogens is 2. The molecule has 0 saturated carbocycles. The van der Waals surface area contributed by atoms with Crippen molar-refractivity contribution < 1.29 is 24.0 Å². The minimum Gasteiger partial charge on any atom is -0.507 e. The summed E-state index contributed by atoms with van der Waals surface area (Å²) in [6, 6.07) is 15.2. The van der Waals surface area contributed by atoms with E-state index in [-0.39, 0.29) is 22.5 Å². The number of nitro groups is 1. The number of rotatable bonds is 4. The summed E-state index contributed by atoms with van der Waals surface area (Å²) in [6.45, 7) is 0. The Bertz CT molecular complexity index is 1260. The normalized spacial score (nSPS) is 17.6. The van der Waals surface area contributed by atoms with E-state index in [0.29, 0.717) is 10.6 Å². The number of ketones is 1. The number of aliphatic hydroxyl groups excluding tert-OH is 1. The third-order valence-corrected chi connectivity index (χ3v) is 5.34. The molecule has 1 saturated heterocycles. The Balaban J connectivity index is 1.92. The van der Waals surface area contributed by atoms with Gasteiger partial charge in [-0.3, -0.25) is 24.6 Å². The van der Waals surface area contributed by atoms with Crippen LogP contribution in [0, 0.1) is 15.9 Å². The molecule has 0 aromatic heterocycles. The van der Waals surface area contributed by atoms with E-state index in [1.54, 1.807) is 0 Å². The lowest BCUT2D eigenvalue weighted by atomic mass is 9.95. The summed E-state index contributed by atoms with van der Waals surface area (Å²) in [7, 11) is 0. The smallest absolute Gasteiger partial charge is 0.300 e. The fraction of sp³-hybridized carbons (Fsp3) is 0.0435. The number of hydrogen-bond acceptors (Lipinski definition) is 5. The summed E-state index contributed by atoms with van der Waals surface area (Å²) in [6.07, 6.45) is 0. The Labute approximate surface area is 186 Å². The van der Waals surface area contributed by atoms with Gasteiger partial charge in [0.1, 0.15) is 11.6 Å². The van der Waals surface area contributed by atoms with Crippen LogP contribution in [0.3, 0.4) is 0 Å². The largest absolute Gasteiger partial charge is 0.507 e. The van der Waals surface area contributed by atoms with Crippen LogP contribution >= 0.6 is 11.6 Å². The number of anilines is 1. The van der Waals surface area contributed by atoms with Crippen LogP contribution in [0.5, 0.6) is 0 Å². The van der Waals surface area contributed by atoms with Gasteiger partial charge in [0.05, 0.1) is 16.5 Å². The fourth-order valence-corrected chi connectivity index (χ4v) is 3.68. The Hall–Kier alpha value is -4.04. The minimum absolute atomic E-state index is 0.176. The van der Waals surface area contributed by atoms with Crippen molar-refractivity contribution in [1.82, 2.24) is 0 Å². The van der Waals surface area contributed by atoms with Crippen LogP contribution in [-0.4, -0.2) is 21.7 Å². The maximum absolute atomic E-state index is 13.5. The van der Waals surface area contributed by atoms with Crippen molar-refractivity contribution in [2.24, 2.45) is 0 Å². The molecule has 1 aliphatic heterocycles. The highest BCUT2D eigenvalue weighted by Crippen LogP contribution is 2.42. The summed E-state index contributed by atoms with van der Waals surface area (Å²) < 4.78 is 13.5. The second-order valence-corrected chi connectivity index (χ2v) is 7.44. The van der Waals surface area contributed by atoms with E-state index in [2.05, 4.69) is 0 Å². The first kappa shape index (κ1) is 21.2. The maximum atomic E-state index is 13.5. The molecule has 4 rings (SSSR count). The van der Waals surface area contributed by atoms with Gasteiger partial charge < -0.3 is 5.11 Å². The fourth-order valence-electron chi connectivity index (χ4n) is 3.56. The van der Waals surface area contributed by atoms with Crippen molar-refractivity contribution in [3.05, 3.63) is 110 Å². The van der Waals surface area contributed by atoms with Crippen molar-refractivity contribution in [2.45, 2.75) is 6.04 Å². The first-order chi connectivity index (χ1) is 15.3. The Morgan fingerprint density at radius 3 is 2.12 bits per heavy atom. The lowest BCUT2D eigenvalue weighted by molar-refractivity contribution is -0.384. The number of nitrogens with zero attached hydrogens (tertiary/aromatic N) is 2. The molecule has 9 heteroatoms. The molecule has 32 heavy (non-hydrogen) atoms. The molecular formula is C23H14ClFN2O5. The third kappa shape index (κ3) is 3.72. The van der Waals surface area contributed by atoms with Crippen LogP contribution in [-0.2, 0) is 9.59 Å². The second-order valence-electron chi connectivity index (χ2n) is 7.00. The van der Waals surface area contributed by atoms with Crippen LogP contribution < -0.4 is 4.90 Å². The van der Waals surface area contributed by atoms with Gasteiger partial charge in [0.15, 0.2) is 0 Å². The number of carbonyl (C=O) groups is 2. The number of nitro benzene ring substituents is 1. The number of benzene rings is 3. The Morgan fingerprint density at radius 2 is 1.56 bits per heavy atom. The number of aliphatic hydroxyl groups is 1. The van der Waals surface area contributed by atoms with Crippen LogP contribution in [0.2, 0.25) is 5.02 Å². The average molecular weight is 453 g/mol. The molecule has 1 atom stereocenters. The average Bonchev–Trinajstić information content (AvgIpc) is 3.05. The molecule has 0 unspecified atom stereocenters. The van der Waals surface area contributed by atoms with Crippen LogP contribution in [0.15, 0.2) is 78.4 Å². The highest BCUT2D eigenvalue weighted by atomic mass is 35.5. The molecule has 0 bridgehead atoms. The predicted molar refractivity (Wildman–Crippen MR) is 116 cm³/mol. The number of amides is 1. The summed E-state index contributed by atoms with van der Waals surface area (Å²) in [5.41, 5.74) is 0.473. The minimum atomic E-state index is -1.09. The monoisotopic (exact) mass is 452 g/mol. The Morgan fingerprint density at radius 1 is 0.969 bits per heavy atom. The molecule has 160 valence electrons. The van der Waals surface area contributed by atoms with Crippen molar-refractivity contribution in [3.8, 4) is 0 Å². The molecule has 1 N–H and O–H groups in total. The number of non-ortho nitro benzene ring substituents is 1. The van der Waals surface area contributed by atoms with E-state index in [1.807, 2.05) is 0 Å². The van der Waals surface area contributed by atoms with Crippen molar-refractivity contribution in [1.29, 1.82) is 0 Å². The SMILES string of the molecule is O=C1C(=O)N(c2ccc(F)cc2)[C@@H](c2ccc([N+](=O)[O-])cc2)C1=C(O)c1ccc(Cl)cc1. The summed E-state index contributed by atoms with van der Waals surface area (Å²) in [5.74, 6) is -2.81. The Kier molecular flexibility index (Phi) is 5.46. The van der Waals surface area contributed by atoms with E-state index < -0.39 is 34.2 Å². The first-order valence-corrected chi connectivity index (χ1v) is 9.72. The number of Topliss-reactive ketones (excluding diaryl/α,β-unsaturated/α-hetero) is 1. The number of hydrogen-bond donors (Lipinski definition) is 1. The highest BCUT2D eigenvalue weighted by Gasteiger charge is 2.47. The van der Waals surface area contributed by atoms with Crippen LogP contribution in [0.4, 0.5) is 15.8 Å². The van der Waals surface area contributed by atoms with Crippen molar-refractivity contribution >= 4 is 40.4 Å². The van der Waals surface area contributed by atoms with Gasteiger partial charge in [0, 0.05) is 28.4 Å². The van der Waals surface area contributed by atoms with E-state index in [4.69, 9.17) is 11.6 Å². The summed E-state index contributed by atoms with van der Waals surface area (Å²) in [4.78, 5) is 37.5. The van der Waals surface area contributed by atoms with Crippen LogP contribution in [0.25, 0.3) is 5.76 Å². The van der Waals surface area contributed by atoms with Crippen molar-refractivity contribution in [3.63, 3.8) is 0 Å². The summed E-state index contributed by atoms with van der Waals surface area (Å²) >= 11 is 5.90. The third-order valence-electron chi connectivity index (χ3n) is 5.09. The molecule has 0 aliphatic carbocycles. The van der Waals surface area contributed by atoms with Crippen LogP contribution in [0.1, 0.15) is 17.2 Å². The highest BCUT2D eigenvalue weighted by molar-refractivity contribution is 6.51. The number of carbonyl (C=O) groups excluding carboxylic acids is 2. The van der Waals surface area contributed by atoms with Gasteiger partial charge in [-0.15, -0.1) is 0 Å². The quantitative estimate of drug-likeness (QED) is 0.197. The van der Waals surface area contributed by atoms with Gasteiger partial charge in [-0.05, 0) is 66.2 Å². The van der Waals surface area contributed by atoms with E-state index >= 15 is 0 Å². The van der Waals surface area contributed by atoms with Gasteiger partial charge in [-0.2, -0.15) is 0 Å². The van der Waals surface area contributed by atoms with E-state index in [0.717, 1.165) is 17.0 Å². The standard InChI is InChI=1S/C23H14ClFN2O5/c24-15-5-1-14(2-6-15)21(28)19-20(13-3-9-18(10-4-13)27(31)32)26(23(30)22(19)29)17-11-7-16(25)8-12-17/h1-12,20,28H/t20-/m0/s1.